The van der Waals surface area contributed by atoms with E-state index in [1.54, 1.807) is 30.3 Å². The van der Waals surface area contributed by atoms with Gasteiger partial charge in [-0.05, 0) is 48.4 Å². The Morgan fingerprint density at radius 3 is 2.27 bits per heavy atom. The van der Waals surface area contributed by atoms with Gasteiger partial charge < -0.3 is 16.0 Å². The van der Waals surface area contributed by atoms with Crippen molar-refractivity contribution in [3.63, 3.8) is 0 Å². The number of hydrogen-bond donors (Lipinski definition) is 3. The Labute approximate surface area is 181 Å². The Morgan fingerprint density at radius 1 is 0.900 bits per heavy atom. The van der Waals surface area contributed by atoms with Crippen molar-refractivity contribution < 1.29 is 9.59 Å². The molecule has 0 aromatic heterocycles. The third-order valence-corrected chi connectivity index (χ3v) is 5.05. The molecule has 1 atom stereocenters. The van der Waals surface area contributed by atoms with E-state index in [2.05, 4.69) is 16.0 Å². The Kier molecular flexibility index (Phi) is 7.46. The van der Waals surface area contributed by atoms with Crippen molar-refractivity contribution in [3.05, 3.63) is 101 Å². The van der Waals surface area contributed by atoms with E-state index in [0.717, 1.165) is 16.8 Å². The van der Waals surface area contributed by atoms with Gasteiger partial charge in [-0.2, -0.15) is 0 Å². The number of anilines is 1. The highest BCUT2D eigenvalue weighted by atomic mass is 35.5. The zero-order valence-electron chi connectivity index (χ0n) is 16.7. The first kappa shape index (κ1) is 21.4. The van der Waals surface area contributed by atoms with Crippen LogP contribution in [0.15, 0.2) is 78.9 Å². The minimum absolute atomic E-state index is 0.0849. The zero-order valence-corrected chi connectivity index (χ0v) is 17.4. The summed E-state index contributed by atoms with van der Waals surface area (Å²) >= 11 is 6.09. The lowest BCUT2D eigenvalue weighted by atomic mass is 10.1. The second-order valence-corrected chi connectivity index (χ2v) is 7.31. The average Bonchev–Trinajstić information content (AvgIpc) is 2.78. The Balaban J connectivity index is 1.46. The quantitative estimate of drug-likeness (QED) is 0.499. The van der Waals surface area contributed by atoms with E-state index >= 15 is 0 Å². The fraction of sp³-hybridized carbons (Fsp3) is 0.167. The normalized spacial score (nSPS) is 11.4. The van der Waals surface area contributed by atoms with Crippen LogP contribution in [0.5, 0.6) is 0 Å². The lowest BCUT2D eigenvalue weighted by Gasteiger charge is -2.14. The lowest BCUT2D eigenvalue weighted by molar-refractivity contribution is -0.119. The molecule has 154 valence electrons. The van der Waals surface area contributed by atoms with Crippen LogP contribution in [0.3, 0.4) is 0 Å². The molecular formula is C24H24ClN3O2. The number of rotatable bonds is 8. The summed E-state index contributed by atoms with van der Waals surface area (Å²) in [7, 11) is 0. The number of amides is 2. The summed E-state index contributed by atoms with van der Waals surface area (Å²) < 4.78 is 0. The maximum Gasteiger partial charge on any atom is 0.251 e. The summed E-state index contributed by atoms with van der Waals surface area (Å²) in [5.74, 6) is -0.288. The first-order valence-electron chi connectivity index (χ1n) is 9.73. The molecule has 2 amide bonds. The highest BCUT2D eigenvalue weighted by Gasteiger charge is 2.11. The third-order valence-electron chi connectivity index (χ3n) is 4.68. The molecular weight excluding hydrogens is 398 g/mol. The highest BCUT2D eigenvalue weighted by molar-refractivity contribution is 6.31. The molecule has 3 aromatic rings. The van der Waals surface area contributed by atoms with E-state index in [9.17, 15) is 9.59 Å². The number of carbonyl (C=O) groups is 2. The van der Waals surface area contributed by atoms with Crippen molar-refractivity contribution in [3.8, 4) is 0 Å². The summed E-state index contributed by atoms with van der Waals surface area (Å²) in [6.07, 6.45) is 0. The monoisotopic (exact) mass is 421 g/mol. The number of carbonyl (C=O) groups excluding carboxylic acids is 2. The molecule has 0 fully saturated rings. The summed E-state index contributed by atoms with van der Waals surface area (Å²) in [5, 5.41) is 9.49. The molecule has 5 nitrogen and oxygen atoms in total. The highest BCUT2D eigenvalue weighted by Crippen LogP contribution is 2.15. The molecule has 0 heterocycles. The lowest BCUT2D eigenvalue weighted by Crippen LogP contribution is -2.29. The van der Waals surface area contributed by atoms with Gasteiger partial charge in [0.1, 0.15) is 0 Å². The fourth-order valence-corrected chi connectivity index (χ4v) is 3.13. The predicted octanol–water partition coefficient (Wildman–Crippen LogP) is 4.56. The van der Waals surface area contributed by atoms with Crippen LogP contribution in [0.4, 0.5) is 5.69 Å². The van der Waals surface area contributed by atoms with Crippen LogP contribution in [-0.4, -0.2) is 18.4 Å². The Morgan fingerprint density at radius 2 is 1.57 bits per heavy atom. The van der Waals surface area contributed by atoms with E-state index in [4.69, 9.17) is 11.6 Å². The van der Waals surface area contributed by atoms with Gasteiger partial charge in [0.2, 0.25) is 5.91 Å². The zero-order chi connectivity index (χ0) is 21.3. The standard InChI is InChI=1S/C24H24ClN3O2/c1-17(18-7-3-2-4-8-18)28-24(30)19-11-13-21(14-12-19)26-16-23(29)27-15-20-9-5-6-10-22(20)25/h2-14,17,26H,15-16H2,1H3,(H,27,29)(H,28,30). The summed E-state index contributed by atoms with van der Waals surface area (Å²) in [4.78, 5) is 24.5. The SMILES string of the molecule is CC(NC(=O)c1ccc(NCC(=O)NCc2ccccc2Cl)cc1)c1ccccc1. The molecule has 1 unspecified atom stereocenters. The van der Waals surface area contributed by atoms with Crippen LogP contribution < -0.4 is 16.0 Å². The molecule has 0 saturated heterocycles. The number of hydrogen-bond acceptors (Lipinski definition) is 3. The van der Waals surface area contributed by atoms with Gasteiger partial charge in [0.05, 0.1) is 12.6 Å². The molecule has 0 spiro atoms. The number of nitrogens with one attached hydrogen (secondary N) is 3. The van der Waals surface area contributed by atoms with Crippen LogP contribution in [0.1, 0.15) is 34.5 Å². The van der Waals surface area contributed by atoms with E-state index in [1.807, 2.05) is 55.5 Å². The van der Waals surface area contributed by atoms with Gasteiger partial charge in [0.15, 0.2) is 0 Å². The average molecular weight is 422 g/mol. The molecule has 3 rings (SSSR count). The van der Waals surface area contributed by atoms with Crippen molar-refractivity contribution in [1.29, 1.82) is 0 Å². The molecule has 0 aliphatic heterocycles. The molecule has 6 heteroatoms. The van der Waals surface area contributed by atoms with Gasteiger partial charge in [0.25, 0.3) is 5.91 Å². The second-order valence-electron chi connectivity index (χ2n) is 6.90. The number of benzene rings is 3. The van der Waals surface area contributed by atoms with Gasteiger partial charge >= 0.3 is 0 Å². The van der Waals surface area contributed by atoms with Crippen LogP contribution in [0.2, 0.25) is 5.02 Å². The van der Waals surface area contributed by atoms with Crippen LogP contribution in [0.25, 0.3) is 0 Å². The summed E-state index contributed by atoms with van der Waals surface area (Å²) in [5.41, 5.74) is 3.24. The molecule has 3 N–H and O–H groups in total. The fourth-order valence-electron chi connectivity index (χ4n) is 2.92. The van der Waals surface area contributed by atoms with Crippen molar-refractivity contribution in [2.75, 3.05) is 11.9 Å². The van der Waals surface area contributed by atoms with Crippen molar-refractivity contribution in [1.82, 2.24) is 10.6 Å². The molecule has 30 heavy (non-hydrogen) atoms. The summed E-state index contributed by atoms with van der Waals surface area (Å²) in [6, 6.07) is 24.1. The van der Waals surface area contributed by atoms with Gasteiger partial charge in [-0.25, -0.2) is 0 Å². The van der Waals surface area contributed by atoms with Crippen molar-refractivity contribution >= 4 is 29.1 Å². The van der Waals surface area contributed by atoms with Crippen molar-refractivity contribution in [2.24, 2.45) is 0 Å². The Bertz CT molecular complexity index is 991. The van der Waals surface area contributed by atoms with Crippen LogP contribution in [-0.2, 0) is 11.3 Å². The van der Waals surface area contributed by atoms with Gasteiger partial charge in [-0.1, -0.05) is 60.1 Å². The maximum absolute atomic E-state index is 12.4. The van der Waals surface area contributed by atoms with Gasteiger partial charge in [-0.3, -0.25) is 9.59 Å². The molecule has 0 bridgehead atoms. The van der Waals surface area contributed by atoms with E-state index in [0.29, 0.717) is 17.1 Å². The third kappa shape index (κ3) is 6.09. The predicted molar refractivity (Wildman–Crippen MR) is 121 cm³/mol. The summed E-state index contributed by atoms with van der Waals surface area (Å²) in [6.45, 7) is 2.45. The van der Waals surface area contributed by atoms with E-state index in [1.165, 1.54) is 0 Å². The minimum atomic E-state index is -0.145. The minimum Gasteiger partial charge on any atom is -0.376 e. The van der Waals surface area contributed by atoms with Gasteiger partial charge in [0, 0.05) is 22.8 Å². The first-order valence-corrected chi connectivity index (χ1v) is 10.1. The second kappa shape index (κ2) is 10.5. The van der Waals surface area contributed by atoms with E-state index < -0.39 is 0 Å². The van der Waals surface area contributed by atoms with Crippen LogP contribution >= 0.6 is 11.6 Å². The van der Waals surface area contributed by atoms with Gasteiger partial charge in [-0.15, -0.1) is 0 Å². The maximum atomic E-state index is 12.4. The smallest absolute Gasteiger partial charge is 0.251 e. The Hall–Kier alpha value is -3.31. The van der Waals surface area contributed by atoms with Crippen molar-refractivity contribution in [2.45, 2.75) is 19.5 Å². The molecule has 0 aliphatic carbocycles. The first-order chi connectivity index (χ1) is 14.5. The molecule has 0 saturated carbocycles. The molecule has 3 aromatic carbocycles. The van der Waals surface area contributed by atoms with E-state index in [-0.39, 0.29) is 24.4 Å². The molecule has 0 aliphatic rings. The van der Waals surface area contributed by atoms with Crippen LogP contribution in [0, 0.1) is 0 Å². The molecule has 0 radical (unpaired) electrons. The topological polar surface area (TPSA) is 70.2 Å². The number of halogens is 1. The largest absolute Gasteiger partial charge is 0.376 e.